The Morgan fingerprint density at radius 3 is 2.82 bits per heavy atom. The number of ether oxygens (including phenoxy) is 1. The highest BCUT2D eigenvalue weighted by molar-refractivity contribution is 5.73. The predicted octanol–water partition coefficient (Wildman–Crippen LogP) is 1.81. The third kappa shape index (κ3) is 2.88. The number of nitrogens with one attached hydrogen (secondary N) is 2. The average Bonchev–Trinajstić information content (AvgIpc) is 2.81. The highest BCUT2D eigenvalue weighted by Crippen LogP contribution is 2.23. The predicted molar refractivity (Wildman–Crippen MR) is 54.6 cm³/mol. The van der Waals surface area contributed by atoms with E-state index in [1.807, 2.05) is 0 Å². The maximum absolute atomic E-state index is 13.7. The Hall–Kier alpha value is -1.76. The van der Waals surface area contributed by atoms with E-state index in [0.29, 0.717) is 5.57 Å². The molecule has 7 heteroatoms. The maximum Gasteiger partial charge on any atom is 0.308 e. The molecule has 0 fully saturated rings. The number of alkyl halides is 3. The number of aromatic nitrogens is 2. The van der Waals surface area contributed by atoms with Gasteiger partial charge < -0.3 is 10.1 Å². The molecule has 1 aliphatic rings. The first kappa shape index (κ1) is 11.7. The first-order chi connectivity index (χ1) is 8.09. The molecule has 0 spiro atoms. The van der Waals surface area contributed by atoms with Gasteiger partial charge in [0.1, 0.15) is 6.61 Å². The minimum Gasteiger partial charge on any atom is -0.333 e. The molecule has 2 heterocycles. The van der Waals surface area contributed by atoms with Crippen molar-refractivity contribution in [1.82, 2.24) is 15.5 Å². The molecular weight excluding hydrogens is 235 g/mol. The largest absolute Gasteiger partial charge is 0.333 e. The van der Waals surface area contributed by atoms with E-state index in [-0.39, 0.29) is 0 Å². The number of aromatic amines is 1. The summed E-state index contributed by atoms with van der Waals surface area (Å²) in [4.78, 5) is 0. The van der Waals surface area contributed by atoms with Gasteiger partial charge in [0.15, 0.2) is 0 Å². The van der Waals surface area contributed by atoms with Gasteiger partial charge in [-0.1, -0.05) is 0 Å². The summed E-state index contributed by atoms with van der Waals surface area (Å²) in [6.45, 7) is -0.970. The summed E-state index contributed by atoms with van der Waals surface area (Å²) in [5.41, 5.74) is 1.43. The topological polar surface area (TPSA) is 49.9 Å². The van der Waals surface area contributed by atoms with E-state index < -0.39 is 19.0 Å². The fourth-order valence-electron chi connectivity index (χ4n) is 1.33. The van der Waals surface area contributed by atoms with E-state index in [4.69, 9.17) is 0 Å². The van der Waals surface area contributed by atoms with E-state index in [1.165, 1.54) is 12.3 Å². The molecule has 1 unspecified atom stereocenters. The normalized spacial score (nSPS) is 23.6. The van der Waals surface area contributed by atoms with Gasteiger partial charge in [-0.25, -0.2) is 8.78 Å². The second-order valence-electron chi connectivity index (χ2n) is 3.41. The Kier molecular flexibility index (Phi) is 3.19. The standard InChI is InChI=1S/C10H10F3N3O/c11-9(12)6-17-10(13)2-1-7(3-14-10)8-4-15-16-5-8/h1-5,9,14H,6H2,(H,15,16). The smallest absolute Gasteiger partial charge is 0.308 e. The number of nitrogens with zero attached hydrogens (tertiary/aromatic N) is 1. The summed E-state index contributed by atoms with van der Waals surface area (Å²) in [5.74, 6) is -2.39. The Morgan fingerprint density at radius 2 is 2.29 bits per heavy atom. The molecule has 2 N–H and O–H groups in total. The van der Waals surface area contributed by atoms with Gasteiger partial charge in [0.2, 0.25) is 0 Å². The van der Waals surface area contributed by atoms with Crippen molar-refractivity contribution in [2.45, 2.75) is 12.4 Å². The number of hydrogen-bond donors (Lipinski definition) is 2. The van der Waals surface area contributed by atoms with Gasteiger partial charge in [-0.05, 0) is 6.08 Å². The number of allylic oxidation sites excluding steroid dienone is 2. The van der Waals surface area contributed by atoms with Crippen LogP contribution in [0.5, 0.6) is 0 Å². The van der Waals surface area contributed by atoms with E-state index in [1.54, 1.807) is 12.4 Å². The zero-order valence-electron chi connectivity index (χ0n) is 8.66. The van der Waals surface area contributed by atoms with Gasteiger partial charge in [0, 0.05) is 29.6 Å². The van der Waals surface area contributed by atoms with Gasteiger partial charge in [0.05, 0.1) is 6.20 Å². The number of rotatable bonds is 4. The number of hydrogen-bond acceptors (Lipinski definition) is 3. The Morgan fingerprint density at radius 1 is 1.47 bits per heavy atom. The Bertz CT molecular complexity index is 430. The van der Waals surface area contributed by atoms with Crippen LogP contribution in [0.3, 0.4) is 0 Å². The SMILES string of the molecule is FC(F)COC1(F)C=CC(c2cn[nH]c2)=CN1. The molecule has 92 valence electrons. The fourth-order valence-corrected chi connectivity index (χ4v) is 1.33. The molecule has 1 aromatic heterocycles. The lowest BCUT2D eigenvalue weighted by molar-refractivity contribution is -0.149. The van der Waals surface area contributed by atoms with Gasteiger partial charge >= 0.3 is 5.98 Å². The monoisotopic (exact) mass is 245 g/mol. The molecule has 0 aliphatic carbocycles. The van der Waals surface area contributed by atoms with Crippen LogP contribution in [0.4, 0.5) is 13.2 Å². The zero-order valence-corrected chi connectivity index (χ0v) is 8.66. The highest BCUT2D eigenvalue weighted by atomic mass is 19.3. The van der Waals surface area contributed by atoms with Gasteiger partial charge in [-0.3, -0.25) is 5.10 Å². The van der Waals surface area contributed by atoms with E-state index in [2.05, 4.69) is 20.3 Å². The molecule has 0 saturated heterocycles. The number of H-pyrrole nitrogens is 1. The highest BCUT2D eigenvalue weighted by Gasteiger charge is 2.29. The number of halogens is 3. The van der Waals surface area contributed by atoms with Crippen molar-refractivity contribution < 1.29 is 17.9 Å². The fraction of sp³-hybridized carbons (Fsp3) is 0.300. The van der Waals surface area contributed by atoms with Crippen LogP contribution < -0.4 is 5.32 Å². The third-order valence-electron chi connectivity index (χ3n) is 2.15. The second-order valence-corrected chi connectivity index (χ2v) is 3.41. The molecular formula is C10H10F3N3O. The van der Waals surface area contributed by atoms with Crippen LogP contribution in [0, 0.1) is 0 Å². The van der Waals surface area contributed by atoms with Gasteiger partial charge in [-0.15, -0.1) is 0 Å². The van der Waals surface area contributed by atoms with Crippen LogP contribution in [0.2, 0.25) is 0 Å². The summed E-state index contributed by atoms with van der Waals surface area (Å²) in [7, 11) is 0. The molecule has 0 aromatic carbocycles. The quantitative estimate of drug-likeness (QED) is 0.795. The van der Waals surface area contributed by atoms with Gasteiger partial charge in [-0.2, -0.15) is 9.49 Å². The molecule has 17 heavy (non-hydrogen) atoms. The Labute approximate surface area is 95.2 Å². The minimum atomic E-state index is -2.71. The van der Waals surface area contributed by atoms with Crippen molar-refractivity contribution in [3.63, 3.8) is 0 Å². The summed E-state index contributed by atoms with van der Waals surface area (Å²) >= 11 is 0. The van der Waals surface area contributed by atoms with Crippen molar-refractivity contribution in [2.24, 2.45) is 0 Å². The molecule has 1 atom stereocenters. The van der Waals surface area contributed by atoms with Gasteiger partial charge in [0.25, 0.3) is 6.43 Å². The lowest BCUT2D eigenvalue weighted by Gasteiger charge is -2.25. The molecule has 0 amide bonds. The summed E-state index contributed by atoms with van der Waals surface area (Å²) < 4.78 is 41.9. The first-order valence-corrected chi connectivity index (χ1v) is 4.86. The van der Waals surface area contributed by atoms with Crippen LogP contribution in [-0.2, 0) is 4.74 Å². The lowest BCUT2D eigenvalue weighted by Crippen LogP contribution is -2.41. The Balaban J connectivity index is 1.99. The number of dihydropyridines is 1. The van der Waals surface area contributed by atoms with Crippen LogP contribution in [0.1, 0.15) is 5.56 Å². The van der Waals surface area contributed by atoms with Crippen LogP contribution >= 0.6 is 0 Å². The van der Waals surface area contributed by atoms with Crippen molar-refractivity contribution in [3.05, 3.63) is 36.3 Å². The maximum atomic E-state index is 13.7. The van der Waals surface area contributed by atoms with Crippen molar-refractivity contribution >= 4 is 5.57 Å². The molecule has 2 rings (SSSR count). The van der Waals surface area contributed by atoms with E-state index in [9.17, 15) is 13.2 Å². The molecule has 0 bridgehead atoms. The molecule has 1 aromatic rings. The summed E-state index contributed by atoms with van der Waals surface area (Å²) in [6.07, 6.45) is 4.30. The van der Waals surface area contributed by atoms with Crippen molar-refractivity contribution in [3.8, 4) is 0 Å². The lowest BCUT2D eigenvalue weighted by atomic mass is 10.1. The summed E-state index contributed by atoms with van der Waals surface area (Å²) in [5, 5.41) is 8.63. The summed E-state index contributed by atoms with van der Waals surface area (Å²) in [6, 6.07) is 0. The second kappa shape index (κ2) is 4.62. The van der Waals surface area contributed by atoms with E-state index in [0.717, 1.165) is 11.6 Å². The third-order valence-corrected chi connectivity index (χ3v) is 2.15. The van der Waals surface area contributed by atoms with Crippen LogP contribution in [0.25, 0.3) is 5.57 Å². The zero-order chi connectivity index (χ0) is 12.3. The van der Waals surface area contributed by atoms with E-state index >= 15 is 0 Å². The first-order valence-electron chi connectivity index (χ1n) is 4.86. The molecule has 0 radical (unpaired) electrons. The van der Waals surface area contributed by atoms with Crippen LogP contribution in [-0.4, -0.2) is 29.2 Å². The van der Waals surface area contributed by atoms with Crippen molar-refractivity contribution in [2.75, 3.05) is 6.61 Å². The van der Waals surface area contributed by atoms with Crippen molar-refractivity contribution in [1.29, 1.82) is 0 Å². The molecule has 4 nitrogen and oxygen atoms in total. The minimum absolute atomic E-state index is 0.674. The van der Waals surface area contributed by atoms with Crippen LogP contribution in [0.15, 0.2) is 30.7 Å². The molecule has 1 aliphatic heterocycles. The molecule has 0 saturated carbocycles. The average molecular weight is 245 g/mol.